The first-order valence-electron chi connectivity index (χ1n) is 9.72. The molecule has 0 amide bonds. The van der Waals surface area contributed by atoms with Gasteiger partial charge < -0.3 is 25.3 Å². The second-order valence-corrected chi connectivity index (χ2v) is 6.63. The van der Waals surface area contributed by atoms with Gasteiger partial charge in [-0.3, -0.25) is 4.99 Å². The predicted octanol–water partition coefficient (Wildman–Crippen LogP) is 4.87. The van der Waals surface area contributed by atoms with E-state index < -0.39 is 0 Å². The Bertz CT molecular complexity index is 964. The van der Waals surface area contributed by atoms with Gasteiger partial charge in [-0.25, -0.2) is 0 Å². The molecule has 0 saturated heterocycles. The van der Waals surface area contributed by atoms with Gasteiger partial charge in [0, 0.05) is 12.6 Å². The molecular formula is C24H28IN3O3. The van der Waals surface area contributed by atoms with Crippen molar-refractivity contribution >= 4 is 35.6 Å². The summed E-state index contributed by atoms with van der Waals surface area (Å²) in [4.78, 5) is 4.40. The maximum atomic E-state index is 6.03. The van der Waals surface area contributed by atoms with Gasteiger partial charge in [-0.1, -0.05) is 42.5 Å². The predicted molar refractivity (Wildman–Crippen MR) is 136 cm³/mol. The molecule has 0 fully saturated rings. The van der Waals surface area contributed by atoms with E-state index in [1.807, 2.05) is 72.8 Å². The van der Waals surface area contributed by atoms with Crippen LogP contribution in [0.5, 0.6) is 17.2 Å². The third-order valence-electron chi connectivity index (χ3n) is 4.52. The molecule has 7 heteroatoms. The van der Waals surface area contributed by atoms with Crippen molar-refractivity contribution in [3.05, 3.63) is 83.9 Å². The minimum absolute atomic E-state index is 0. The highest BCUT2D eigenvalue weighted by atomic mass is 127. The summed E-state index contributed by atoms with van der Waals surface area (Å²) >= 11 is 0. The number of benzene rings is 3. The van der Waals surface area contributed by atoms with Crippen LogP contribution in [0.15, 0.2) is 77.8 Å². The molecule has 0 spiro atoms. The number of aliphatic imine (C=N–C) groups is 1. The van der Waals surface area contributed by atoms with Crippen molar-refractivity contribution in [1.82, 2.24) is 0 Å². The second kappa shape index (κ2) is 12.7. The fraction of sp³-hybridized carbons (Fsp3) is 0.208. The number of methoxy groups -OCH3 is 2. The number of nitrogens with one attached hydrogen (secondary N) is 1. The van der Waals surface area contributed by atoms with Gasteiger partial charge in [0.1, 0.15) is 23.9 Å². The molecule has 3 aromatic carbocycles. The quantitative estimate of drug-likeness (QED) is 0.233. The Labute approximate surface area is 200 Å². The summed E-state index contributed by atoms with van der Waals surface area (Å²) in [5, 5.41) is 3.07. The molecule has 3 aromatic rings. The number of hydrogen-bond donors (Lipinski definition) is 2. The van der Waals surface area contributed by atoms with Crippen molar-refractivity contribution in [2.24, 2.45) is 10.7 Å². The maximum absolute atomic E-state index is 6.03. The SMILES string of the molecule is COc1ccc(OC)c(NC(N)=NCCc2ccc(OCc3ccccc3)cc2)c1.I. The van der Waals surface area contributed by atoms with E-state index in [0.717, 1.165) is 23.3 Å². The van der Waals surface area contributed by atoms with E-state index in [2.05, 4.69) is 10.3 Å². The summed E-state index contributed by atoms with van der Waals surface area (Å²) in [6.07, 6.45) is 0.774. The van der Waals surface area contributed by atoms with Crippen LogP contribution in [0.3, 0.4) is 0 Å². The zero-order chi connectivity index (χ0) is 21.2. The largest absolute Gasteiger partial charge is 0.497 e. The average molecular weight is 533 g/mol. The van der Waals surface area contributed by atoms with Crippen LogP contribution < -0.4 is 25.3 Å². The van der Waals surface area contributed by atoms with Gasteiger partial charge in [0.15, 0.2) is 5.96 Å². The summed E-state index contributed by atoms with van der Waals surface area (Å²) in [6.45, 7) is 1.12. The summed E-state index contributed by atoms with van der Waals surface area (Å²) in [5.74, 6) is 2.54. The zero-order valence-corrected chi connectivity index (χ0v) is 20.0. The lowest BCUT2D eigenvalue weighted by molar-refractivity contribution is 0.306. The highest BCUT2D eigenvalue weighted by Gasteiger charge is 2.06. The third-order valence-corrected chi connectivity index (χ3v) is 4.52. The topological polar surface area (TPSA) is 78.1 Å². The normalized spacial score (nSPS) is 10.7. The Morgan fingerprint density at radius 2 is 1.58 bits per heavy atom. The van der Waals surface area contributed by atoms with E-state index in [1.54, 1.807) is 14.2 Å². The van der Waals surface area contributed by atoms with E-state index in [-0.39, 0.29) is 24.0 Å². The molecule has 3 N–H and O–H groups in total. The van der Waals surface area contributed by atoms with Gasteiger partial charge in [0.05, 0.1) is 19.9 Å². The Hall–Kier alpha value is -2.94. The number of ether oxygens (including phenoxy) is 3. The van der Waals surface area contributed by atoms with Crippen molar-refractivity contribution < 1.29 is 14.2 Å². The molecule has 0 saturated carbocycles. The van der Waals surface area contributed by atoms with Gasteiger partial charge in [-0.15, -0.1) is 24.0 Å². The molecule has 0 bridgehead atoms. The standard InChI is InChI=1S/C24H27N3O3.HI/c1-28-21-12-13-23(29-2)22(16-21)27-24(25)26-15-14-18-8-10-20(11-9-18)30-17-19-6-4-3-5-7-19;/h3-13,16H,14-15,17H2,1-2H3,(H3,25,26,27);1H. The number of nitrogens with zero attached hydrogens (tertiary/aromatic N) is 1. The van der Waals surface area contributed by atoms with Crippen molar-refractivity contribution in [2.45, 2.75) is 13.0 Å². The molecule has 0 radical (unpaired) electrons. The molecule has 0 aliphatic heterocycles. The van der Waals surface area contributed by atoms with Gasteiger partial charge in [0.25, 0.3) is 0 Å². The lowest BCUT2D eigenvalue weighted by atomic mass is 10.1. The first-order valence-corrected chi connectivity index (χ1v) is 9.72. The molecule has 0 aliphatic rings. The molecular weight excluding hydrogens is 505 g/mol. The molecule has 3 rings (SSSR count). The van der Waals surface area contributed by atoms with E-state index in [9.17, 15) is 0 Å². The van der Waals surface area contributed by atoms with E-state index in [4.69, 9.17) is 19.9 Å². The lowest BCUT2D eigenvalue weighted by Gasteiger charge is -2.12. The highest BCUT2D eigenvalue weighted by Crippen LogP contribution is 2.28. The minimum atomic E-state index is 0. The summed E-state index contributed by atoms with van der Waals surface area (Å²) in [6, 6.07) is 23.6. The van der Waals surface area contributed by atoms with Crippen LogP contribution in [0.4, 0.5) is 5.69 Å². The smallest absolute Gasteiger partial charge is 0.193 e. The molecule has 0 unspecified atom stereocenters. The fourth-order valence-corrected chi connectivity index (χ4v) is 2.89. The second-order valence-electron chi connectivity index (χ2n) is 6.63. The van der Waals surface area contributed by atoms with Gasteiger partial charge in [-0.2, -0.15) is 0 Å². The number of rotatable bonds is 9. The first-order chi connectivity index (χ1) is 14.7. The first kappa shape index (κ1) is 24.3. The average Bonchev–Trinajstić information content (AvgIpc) is 2.79. The van der Waals surface area contributed by atoms with Crippen LogP contribution in [-0.2, 0) is 13.0 Å². The molecule has 31 heavy (non-hydrogen) atoms. The number of nitrogens with two attached hydrogens (primary N) is 1. The molecule has 164 valence electrons. The number of hydrogen-bond acceptors (Lipinski definition) is 4. The molecule has 0 heterocycles. The highest BCUT2D eigenvalue weighted by molar-refractivity contribution is 14.0. The molecule has 0 aliphatic carbocycles. The number of halogens is 1. The zero-order valence-electron chi connectivity index (χ0n) is 17.7. The molecule has 0 atom stereocenters. The van der Waals surface area contributed by atoms with E-state index in [0.29, 0.717) is 36.3 Å². The summed E-state index contributed by atoms with van der Waals surface area (Å²) in [5.41, 5.74) is 9.04. The van der Waals surface area contributed by atoms with Crippen LogP contribution in [0, 0.1) is 0 Å². The van der Waals surface area contributed by atoms with Gasteiger partial charge >= 0.3 is 0 Å². The Balaban J connectivity index is 0.00000341. The van der Waals surface area contributed by atoms with Crippen LogP contribution in [0.25, 0.3) is 0 Å². The Morgan fingerprint density at radius 3 is 2.26 bits per heavy atom. The van der Waals surface area contributed by atoms with Crippen LogP contribution in [0.1, 0.15) is 11.1 Å². The van der Waals surface area contributed by atoms with Crippen LogP contribution in [-0.4, -0.2) is 26.7 Å². The van der Waals surface area contributed by atoms with Crippen molar-refractivity contribution in [2.75, 3.05) is 26.1 Å². The van der Waals surface area contributed by atoms with E-state index in [1.165, 1.54) is 0 Å². The van der Waals surface area contributed by atoms with Crippen molar-refractivity contribution in [1.29, 1.82) is 0 Å². The van der Waals surface area contributed by atoms with Crippen molar-refractivity contribution in [3.63, 3.8) is 0 Å². The summed E-state index contributed by atoms with van der Waals surface area (Å²) < 4.78 is 16.4. The Kier molecular flexibility index (Phi) is 9.96. The van der Waals surface area contributed by atoms with Crippen LogP contribution >= 0.6 is 24.0 Å². The molecule has 6 nitrogen and oxygen atoms in total. The Morgan fingerprint density at radius 1 is 0.871 bits per heavy atom. The van der Waals surface area contributed by atoms with Gasteiger partial charge in [0.2, 0.25) is 0 Å². The lowest BCUT2D eigenvalue weighted by Crippen LogP contribution is -2.23. The summed E-state index contributed by atoms with van der Waals surface area (Å²) in [7, 11) is 3.22. The number of guanidine groups is 1. The van der Waals surface area contributed by atoms with E-state index >= 15 is 0 Å². The van der Waals surface area contributed by atoms with Crippen LogP contribution in [0.2, 0.25) is 0 Å². The minimum Gasteiger partial charge on any atom is -0.497 e. The number of anilines is 1. The maximum Gasteiger partial charge on any atom is 0.193 e. The fourth-order valence-electron chi connectivity index (χ4n) is 2.89. The van der Waals surface area contributed by atoms with Gasteiger partial charge in [-0.05, 0) is 41.8 Å². The third kappa shape index (κ3) is 7.67. The molecule has 0 aromatic heterocycles. The van der Waals surface area contributed by atoms with Crippen molar-refractivity contribution in [3.8, 4) is 17.2 Å². The monoisotopic (exact) mass is 533 g/mol.